The van der Waals surface area contributed by atoms with Crippen molar-refractivity contribution in [2.45, 2.75) is 38.3 Å². The molecule has 3 nitrogen and oxygen atoms in total. The zero-order valence-corrected chi connectivity index (χ0v) is 9.87. The molecule has 0 amide bonds. The molecular formula is C11H25N3. The van der Waals surface area contributed by atoms with Gasteiger partial charge in [-0.3, -0.25) is 0 Å². The van der Waals surface area contributed by atoms with Gasteiger partial charge in [0.25, 0.3) is 0 Å². The Bertz CT molecular complexity index is 153. The summed E-state index contributed by atoms with van der Waals surface area (Å²) in [6.07, 6.45) is 3.73. The van der Waals surface area contributed by atoms with E-state index in [-0.39, 0.29) is 0 Å². The van der Waals surface area contributed by atoms with Gasteiger partial charge in [0.15, 0.2) is 0 Å². The molecular weight excluding hydrogens is 174 g/mol. The highest BCUT2D eigenvalue weighted by Gasteiger charge is 2.22. The number of hydrogen-bond donors (Lipinski definition) is 1. The molecule has 0 aliphatic carbocycles. The lowest BCUT2D eigenvalue weighted by Gasteiger charge is -2.38. The smallest absolute Gasteiger partial charge is 0.0119 e. The van der Waals surface area contributed by atoms with Gasteiger partial charge in [-0.25, -0.2) is 0 Å². The van der Waals surface area contributed by atoms with Crippen molar-refractivity contribution in [1.29, 1.82) is 0 Å². The van der Waals surface area contributed by atoms with E-state index in [1.807, 2.05) is 0 Å². The van der Waals surface area contributed by atoms with Crippen LogP contribution in [0.1, 0.15) is 26.2 Å². The van der Waals surface area contributed by atoms with Crippen molar-refractivity contribution in [2.75, 3.05) is 33.7 Å². The number of piperidine rings is 1. The number of hydrogen-bond acceptors (Lipinski definition) is 3. The molecule has 2 N–H and O–H groups in total. The molecule has 0 aromatic rings. The summed E-state index contributed by atoms with van der Waals surface area (Å²) in [5.74, 6) is 0. The molecule has 0 bridgehead atoms. The van der Waals surface area contributed by atoms with E-state index in [9.17, 15) is 0 Å². The Morgan fingerprint density at radius 2 is 2.00 bits per heavy atom. The second kappa shape index (κ2) is 5.69. The van der Waals surface area contributed by atoms with Crippen LogP contribution in [-0.4, -0.2) is 55.6 Å². The Morgan fingerprint density at radius 3 is 2.50 bits per heavy atom. The van der Waals surface area contributed by atoms with E-state index in [1.165, 1.54) is 25.9 Å². The van der Waals surface area contributed by atoms with Crippen LogP contribution in [0.25, 0.3) is 0 Å². The Hall–Kier alpha value is -0.120. The molecule has 1 heterocycles. The zero-order chi connectivity index (χ0) is 10.6. The van der Waals surface area contributed by atoms with E-state index >= 15 is 0 Å². The number of nitrogens with two attached hydrogens (primary N) is 1. The maximum absolute atomic E-state index is 5.58. The van der Waals surface area contributed by atoms with E-state index in [0.29, 0.717) is 6.04 Å². The minimum absolute atomic E-state index is 0.633. The minimum atomic E-state index is 0.633. The SMILES string of the molecule is CC(CCN)N(C)C1CCN(C)CC1. The van der Waals surface area contributed by atoms with Crippen LogP contribution in [0.5, 0.6) is 0 Å². The largest absolute Gasteiger partial charge is 0.330 e. The van der Waals surface area contributed by atoms with E-state index < -0.39 is 0 Å². The second-order valence-electron chi connectivity index (χ2n) is 4.63. The van der Waals surface area contributed by atoms with E-state index in [1.54, 1.807) is 0 Å². The van der Waals surface area contributed by atoms with Crippen molar-refractivity contribution < 1.29 is 0 Å². The molecule has 1 aliphatic heterocycles. The standard InChI is InChI=1S/C11H25N3/c1-10(4-7-12)14(3)11-5-8-13(2)9-6-11/h10-11H,4-9,12H2,1-3H3. The third-order valence-corrected chi connectivity index (χ3v) is 3.54. The van der Waals surface area contributed by atoms with Crippen molar-refractivity contribution in [1.82, 2.24) is 9.80 Å². The third-order valence-electron chi connectivity index (χ3n) is 3.54. The molecule has 14 heavy (non-hydrogen) atoms. The summed E-state index contributed by atoms with van der Waals surface area (Å²) >= 11 is 0. The number of rotatable bonds is 4. The molecule has 0 aromatic carbocycles. The summed E-state index contributed by atoms with van der Waals surface area (Å²) in [6.45, 7) is 5.57. The van der Waals surface area contributed by atoms with E-state index in [2.05, 4.69) is 30.8 Å². The second-order valence-corrected chi connectivity index (χ2v) is 4.63. The molecule has 0 radical (unpaired) electrons. The van der Waals surface area contributed by atoms with Gasteiger partial charge in [0.1, 0.15) is 0 Å². The van der Waals surface area contributed by atoms with Crippen LogP contribution < -0.4 is 5.73 Å². The average molecular weight is 199 g/mol. The number of nitrogens with zero attached hydrogens (tertiary/aromatic N) is 2. The molecule has 0 aromatic heterocycles. The monoisotopic (exact) mass is 199 g/mol. The van der Waals surface area contributed by atoms with Gasteiger partial charge >= 0.3 is 0 Å². The number of likely N-dealkylation sites (tertiary alicyclic amines) is 1. The van der Waals surface area contributed by atoms with Gasteiger partial charge in [0.2, 0.25) is 0 Å². The van der Waals surface area contributed by atoms with Gasteiger partial charge in [-0.05, 0) is 59.9 Å². The molecule has 3 heteroatoms. The summed E-state index contributed by atoms with van der Waals surface area (Å²) in [7, 11) is 4.45. The molecule has 0 spiro atoms. The molecule has 1 saturated heterocycles. The Balaban J connectivity index is 2.33. The fourth-order valence-corrected chi connectivity index (χ4v) is 2.21. The van der Waals surface area contributed by atoms with Gasteiger partial charge in [0.05, 0.1) is 0 Å². The highest BCUT2D eigenvalue weighted by Crippen LogP contribution is 2.17. The molecule has 1 unspecified atom stereocenters. The molecule has 1 rings (SSSR count). The van der Waals surface area contributed by atoms with Crippen LogP contribution in [0.2, 0.25) is 0 Å². The topological polar surface area (TPSA) is 32.5 Å². The van der Waals surface area contributed by atoms with Crippen molar-refractivity contribution in [3.05, 3.63) is 0 Å². The lowest BCUT2D eigenvalue weighted by molar-refractivity contribution is 0.111. The highest BCUT2D eigenvalue weighted by molar-refractivity contribution is 4.79. The summed E-state index contributed by atoms with van der Waals surface area (Å²) < 4.78 is 0. The van der Waals surface area contributed by atoms with Crippen LogP contribution in [-0.2, 0) is 0 Å². The van der Waals surface area contributed by atoms with Crippen LogP contribution in [0.4, 0.5) is 0 Å². The summed E-state index contributed by atoms with van der Waals surface area (Å²) in [5, 5.41) is 0. The van der Waals surface area contributed by atoms with Gasteiger partial charge in [-0.15, -0.1) is 0 Å². The van der Waals surface area contributed by atoms with Gasteiger partial charge in [-0.2, -0.15) is 0 Å². The summed E-state index contributed by atoms with van der Waals surface area (Å²) in [5.41, 5.74) is 5.58. The minimum Gasteiger partial charge on any atom is -0.330 e. The zero-order valence-electron chi connectivity index (χ0n) is 9.87. The Morgan fingerprint density at radius 1 is 1.43 bits per heavy atom. The first-order valence-electron chi connectivity index (χ1n) is 5.75. The van der Waals surface area contributed by atoms with Gasteiger partial charge in [0, 0.05) is 12.1 Å². The van der Waals surface area contributed by atoms with Crippen LogP contribution in [0.3, 0.4) is 0 Å². The van der Waals surface area contributed by atoms with Crippen LogP contribution in [0, 0.1) is 0 Å². The lowest BCUT2D eigenvalue weighted by atomic mass is 10.0. The predicted molar refractivity (Wildman–Crippen MR) is 61.4 cm³/mol. The molecule has 84 valence electrons. The van der Waals surface area contributed by atoms with Crippen LogP contribution in [0.15, 0.2) is 0 Å². The van der Waals surface area contributed by atoms with Crippen molar-refractivity contribution >= 4 is 0 Å². The van der Waals surface area contributed by atoms with Crippen LogP contribution >= 0.6 is 0 Å². The molecule has 1 atom stereocenters. The van der Waals surface area contributed by atoms with Crippen molar-refractivity contribution in [3.63, 3.8) is 0 Å². The maximum atomic E-state index is 5.58. The molecule has 1 fully saturated rings. The van der Waals surface area contributed by atoms with Gasteiger partial charge < -0.3 is 15.5 Å². The van der Waals surface area contributed by atoms with Crippen molar-refractivity contribution in [3.8, 4) is 0 Å². The van der Waals surface area contributed by atoms with Gasteiger partial charge in [-0.1, -0.05) is 0 Å². The third kappa shape index (κ3) is 3.23. The first kappa shape index (κ1) is 12.0. The van der Waals surface area contributed by atoms with Crippen molar-refractivity contribution in [2.24, 2.45) is 5.73 Å². The summed E-state index contributed by atoms with van der Waals surface area (Å²) in [4.78, 5) is 4.93. The predicted octanol–water partition coefficient (Wildman–Crippen LogP) is 0.750. The average Bonchev–Trinajstić information content (AvgIpc) is 2.18. The summed E-state index contributed by atoms with van der Waals surface area (Å²) in [6, 6.07) is 1.40. The maximum Gasteiger partial charge on any atom is 0.0119 e. The quantitative estimate of drug-likeness (QED) is 0.725. The Labute approximate surface area is 88.2 Å². The van der Waals surface area contributed by atoms with E-state index in [4.69, 9.17) is 5.73 Å². The molecule has 0 saturated carbocycles. The normalized spacial score (nSPS) is 22.9. The lowest BCUT2D eigenvalue weighted by Crippen LogP contribution is -2.45. The molecule has 1 aliphatic rings. The first-order valence-corrected chi connectivity index (χ1v) is 5.75. The highest BCUT2D eigenvalue weighted by atomic mass is 15.2. The fraction of sp³-hybridized carbons (Fsp3) is 1.00. The fourth-order valence-electron chi connectivity index (χ4n) is 2.21. The Kier molecular flexibility index (Phi) is 4.85. The first-order chi connectivity index (χ1) is 6.65. The van der Waals surface area contributed by atoms with E-state index in [0.717, 1.165) is 19.0 Å².